The minimum atomic E-state index is -0.0633. The summed E-state index contributed by atoms with van der Waals surface area (Å²) in [6.07, 6.45) is 1.60. The Hall–Kier alpha value is -3.49. The fourth-order valence-electron chi connectivity index (χ4n) is 3.56. The van der Waals surface area contributed by atoms with Crippen molar-refractivity contribution in [2.45, 2.75) is 6.54 Å². The van der Waals surface area contributed by atoms with Gasteiger partial charge in [-0.15, -0.1) is 22.7 Å². The molecular formula is C24H19N3O3S2. The summed E-state index contributed by atoms with van der Waals surface area (Å²) < 4.78 is 12.4. The third-order valence-electron chi connectivity index (χ3n) is 5.17. The Kier molecular flexibility index (Phi) is 5.46. The number of nitrogens with zero attached hydrogens (tertiary/aromatic N) is 3. The summed E-state index contributed by atoms with van der Waals surface area (Å²) in [6, 6.07) is 15.6. The number of methoxy groups -OCH3 is 2. The van der Waals surface area contributed by atoms with Crippen LogP contribution in [0, 0.1) is 0 Å². The van der Waals surface area contributed by atoms with Gasteiger partial charge in [0.2, 0.25) is 0 Å². The molecule has 160 valence electrons. The Morgan fingerprint density at radius 3 is 2.59 bits per heavy atom. The van der Waals surface area contributed by atoms with Gasteiger partial charge in [-0.25, -0.2) is 9.97 Å². The maximum absolute atomic E-state index is 13.3. The van der Waals surface area contributed by atoms with Crippen LogP contribution in [0.15, 0.2) is 70.4 Å². The number of thiophene rings is 1. The number of benzene rings is 2. The molecule has 0 aliphatic rings. The Morgan fingerprint density at radius 1 is 0.969 bits per heavy atom. The van der Waals surface area contributed by atoms with E-state index in [4.69, 9.17) is 14.5 Å². The van der Waals surface area contributed by atoms with Gasteiger partial charge in [-0.3, -0.25) is 9.36 Å². The predicted molar refractivity (Wildman–Crippen MR) is 129 cm³/mol. The Morgan fingerprint density at radius 2 is 1.81 bits per heavy atom. The van der Waals surface area contributed by atoms with E-state index >= 15 is 0 Å². The topological polar surface area (TPSA) is 66.2 Å². The molecular weight excluding hydrogens is 442 g/mol. The van der Waals surface area contributed by atoms with Gasteiger partial charge in [-0.2, -0.15) is 0 Å². The first-order valence-corrected chi connectivity index (χ1v) is 11.6. The quantitative estimate of drug-likeness (QED) is 0.343. The molecule has 6 nitrogen and oxygen atoms in total. The van der Waals surface area contributed by atoms with E-state index in [1.54, 1.807) is 25.1 Å². The van der Waals surface area contributed by atoms with Gasteiger partial charge in [0, 0.05) is 22.4 Å². The maximum atomic E-state index is 13.3. The fourth-order valence-corrected chi connectivity index (χ4v) is 5.31. The second-order valence-corrected chi connectivity index (χ2v) is 8.80. The van der Waals surface area contributed by atoms with E-state index in [1.807, 2.05) is 59.3 Å². The zero-order chi connectivity index (χ0) is 22.1. The average Bonchev–Trinajstić information content (AvgIpc) is 3.48. The molecule has 32 heavy (non-hydrogen) atoms. The fraction of sp³-hybridized carbons (Fsp3) is 0.125. The van der Waals surface area contributed by atoms with E-state index in [0.29, 0.717) is 17.7 Å². The highest BCUT2D eigenvalue weighted by atomic mass is 32.1. The van der Waals surface area contributed by atoms with Crippen molar-refractivity contribution in [3.05, 3.63) is 81.7 Å². The zero-order valence-corrected chi connectivity index (χ0v) is 19.1. The van der Waals surface area contributed by atoms with Gasteiger partial charge in [0.25, 0.3) is 5.56 Å². The van der Waals surface area contributed by atoms with Gasteiger partial charge >= 0.3 is 0 Å². The highest BCUT2D eigenvalue weighted by Gasteiger charge is 2.15. The Balaban J connectivity index is 1.49. The minimum absolute atomic E-state index is 0.0633. The van der Waals surface area contributed by atoms with Crippen LogP contribution in [0.1, 0.15) is 5.69 Å². The van der Waals surface area contributed by atoms with Gasteiger partial charge in [0.15, 0.2) is 0 Å². The number of rotatable bonds is 6. The lowest BCUT2D eigenvalue weighted by Gasteiger charge is -2.08. The van der Waals surface area contributed by atoms with Crippen molar-refractivity contribution < 1.29 is 9.47 Å². The van der Waals surface area contributed by atoms with E-state index in [2.05, 4.69) is 4.98 Å². The molecule has 5 aromatic rings. The predicted octanol–water partition coefficient (Wildman–Crippen LogP) is 5.31. The van der Waals surface area contributed by atoms with Crippen LogP contribution >= 0.6 is 22.7 Å². The zero-order valence-electron chi connectivity index (χ0n) is 17.4. The molecule has 8 heteroatoms. The van der Waals surface area contributed by atoms with Crippen molar-refractivity contribution in [3.63, 3.8) is 0 Å². The summed E-state index contributed by atoms with van der Waals surface area (Å²) in [6.45, 7) is 0.348. The molecule has 0 saturated heterocycles. The standard InChI is InChI=1S/C24H19N3O3S2/c1-29-17-8-9-18(20(10-17)30-2)22-26-16(12-31-22)11-27-14-25-23-21(24(27)28)19(13-32-23)15-6-4-3-5-7-15/h3-10,12-14H,11H2,1-2H3. The van der Waals surface area contributed by atoms with Crippen LogP contribution in [-0.2, 0) is 6.54 Å². The number of fused-ring (bicyclic) bond motifs is 1. The molecule has 0 atom stereocenters. The van der Waals surface area contributed by atoms with Gasteiger partial charge < -0.3 is 9.47 Å². The second kappa shape index (κ2) is 8.57. The molecule has 0 radical (unpaired) electrons. The maximum Gasteiger partial charge on any atom is 0.263 e. The first kappa shape index (κ1) is 20.4. The lowest BCUT2D eigenvalue weighted by atomic mass is 10.1. The first-order valence-electron chi connectivity index (χ1n) is 9.87. The number of hydrogen-bond donors (Lipinski definition) is 0. The molecule has 0 aliphatic heterocycles. The molecule has 2 aromatic carbocycles. The van der Waals surface area contributed by atoms with Crippen LogP contribution in [-0.4, -0.2) is 28.8 Å². The van der Waals surface area contributed by atoms with Crippen molar-refractivity contribution in [3.8, 4) is 33.2 Å². The lowest BCUT2D eigenvalue weighted by molar-refractivity contribution is 0.395. The number of ether oxygens (including phenoxy) is 2. The number of hydrogen-bond acceptors (Lipinski definition) is 7. The van der Waals surface area contributed by atoms with Crippen molar-refractivity contribution >= 4 is 32.9 Å². The molecule has 3 heterocycles. The van der Waals surface area contributed by atoms with Crippen molar-refractivity contribution in [1.29, 1.82) is 0 Å². The molecule has 0 amide bonds. The summed E-state index contributed by atoms with van der Waals surface area (Å²) in [7, 11) is 3.24. The van der Waals surface area contributed by atoms with Crippen LogP contribution in [0.25, 0.3) is 31.9 Å². The van der Waals surface area contributed by atoms with Crippen molar-refractivity contribution in [2.75, 3.05) is 14.2 Å². The molecule has 0 aliphatic carbocycles. The van der Waals surface area contributed by atoms with E-state index in [-0.39, 0.29) is 5.56 Å². The van der Waals surface area contributed by atoms with Gasteiger partial charge in [-0.05, 0) is 17.7 Å². The Bertz CT molecular complexity index is 1450. The monoisotopic (exact) mass is 461 g/mol. The number of thiazole rings is 1. The molecule has 3 aromatic heterocycles. The van der Waals surface area contributed by atoms with Crippen LogP contribution in [0.4, 0.5) is 0 Å². The SMILES string of the molecule is COc1ccc(-c2nc(Cn3cnc4scc(-c5ccccc5)c4c3=O)cs2)c(OC)c1. The summed E-state index contributed by atoms with van der Waals surface area (Å²) in [5, 5.41) is 5.43. The normalized spacial score (nSPS) is 11.1. The van der Waals surface area contributed by atoms with Crippen LogP contribution in [0.2, 0.25) is 0 Å². The van der Waals surface area contributed by atoms with Crippen molar-refractivity contribution in [2.24, 2.45) is 0 Å². The summed E-state index contributed by atoms with van der Waals surface area (Å²) in [4.78, 5) is 23.3. The van der Waals surface area contributed by atoms with E-state index < -0.39 is 0 Å². The lowest BCUT2D eigenvalue weighted by Crippen LogP contribution is -2.21. The van der Waals surface area contributed by atoms with Crippen LogP contribution in [0.3, 0.4) is 0 Å². The molecule has 0 spiro atoms. The third-order valence-corrected chi connectivity index (χ3v) is 6.98. The van der Waals surface area contributed by atoms with E-state index in [9.17, 15) is 4.79 Å². The first-order chi connectivity index (χ1) is 15.7. The minimum Gasteiger partial charge on any atom is -0.497 e. The third kappa shape index (κ3) is 3.68. The molecule has 0 saturated carbocycles. The smallest absolute Gasteiger partial charge is 0.263 e. The summed E-state index contributed by atoms with van der Waals surface area (Å²) in [5.41, 5.74) is 3.54. The second-order valence-electron chi connectivity index (χ2n) is 7.08. The largest absolute Gasteiger partial charge is 0.497 e. The van der Waals surface area contributed by atoms with Gasteiger partial charge in [-0.1, -0.05) is 30.3 Å². The van der Waals surface area contributed by atoms with Crippen LogP contribution in [0.5, 0.6) is 11.5 Å². The van der Waals surface area contributed by atoms with Gasteiger partial charge in [0.05, 0.1) is 43.7 Å². The van der Waals surface area contributed by atoms with E-state index in [0.717, 1.165) is 38.0 Å². The highest BCUT2D eigenvalue weighted by molar-refractivity contribution is 7.17. The average molecular weight is 462 g/mol. The van der Waals surface area contributed by atoms with Crippen molar-refractivity contribution in [1.82, 2.24) is 14.5 Å². The highest BCUT2D eigenvalue weighted by Crippen LogP contribution is 2.35. The molecule has 0 N–H and O–H groups in total. The summed E-state index contributed by atoms with van der Waals surface area (Å²) in [5.74, 6) is 1.41. The molecule has 0 bridgehead atoms. The molecule has 0 unspecified atom stereocenters. The number of aromatic nitrogens is 3. The van der Waals surface area contributed by atoms with E-state index in [1.165, 1.54) is 22.7 Å². The summed E-state index contributed by atoms with van der Waals surface area (Å²) >= 11 is 2.99. The molecule has 0 fully saturated rings. The van der Waals surface area contributed by atoms with Crippen LogP contribution < -0.4 is 15.0 Å². The molecule has 5 rings (SSSR count). The van der Waals surface area contributed by atoms with Gasteiger partial charge in [0.1, 0.15) is 21.3 Å². The Labute approximate surface area is 192 Å².